The number of ether oxygens (including phenoxy) is 2. The number of hydrogen-bond donors (Lipinski definition) is 1. The Labute approximate surface area is 162 Å². The fourth-order valence-electron chi connectivity index (χ4n) is 2.77. The first-order chi connectivity index (χ1) is 13.3. The summed E-state index contributed by atoms with van der Waals surface area (Å²) in [5.41, 5.74) is 1.41. The summed E-state index contributed by atoms with van der Waals surface area (Å²) in [5.74, 6) is -1.48. The van der Waals surface area contributed by atoms with Crippen molar-refractivity contribution in [2.24, 2.45) is 0 Å². The molecular formula is C20H11ClF3NO3. The molecule has 4 nitrogen and oxygen atoms in total. The van der Waals surface area contributed by atoms with E-state index in [1.54, 1.807) is 30.3 Å². The largest absolute Gasteiger partial charge is 0.586 e. The van der Waals surface area contributed by atoms with Crippen molar-refractivity contribution in [3.63, 3.8) is 0 Å². The number of amides is 1. The molecule has 1 amide bonds. The normalized spacial score (nSPS) is 14.0. The summed E-state index contributed by atoms with van der Waals surface area (Å²) in [5, 5.41) is 2.79. The molecule has 0 bridgehead atoms. The van der Waals surface area contributed by atoms with Gasteiger partial charge < -0.3 is 14.8 Å². The molecule has 0 atom stereocenters. The van der Waals surface area contributed by atoms with Gasteiger partial charge in [0.15, 0.2) is 11.5 Å². The van der Waals surface area contributed by atoms with Crippen LogP contribution in [0.5, 0.6) is 11.5 Å². The first-order valence-electron chi connectivity index (χ1n) is 8.08. The van der Waals surface area contributed by atoms with Gasteiger partial charge in [-0.2, -0.15) is 0 Å². The van der Waals surface area contributed by atoms with Gasteiger partial charge >= 0.3 is 6.29 Å². The second-order valence-electron chi connectivity index (χ2n) is 5.96. The van der Waals surface area contributed by atoms with Crippen LogP contribution in [-0.4, -0.2) is 12.2 Å². The minimum absolute atomic E-state index is 0.0775. The maximum absolute atomic E-state index is 13.7. The van der Waals surface area contributed by atoms with Crippen LogP contribution in [0.25, 0.3) is 11.1 Å². The average molecular weight is 406 g/mol. The molecule has 0 saturated heterocycles. The lowest BCUT2D eigenvalue weighted by Crippen LogP contribution is -2.25. The van der Waals surface area contributed by atoms with Gasteiger partial charge in [0.25, 0.3) is 5.91 Å². The SMILES string of the molecule is O=C(Nc1ccc(-c2cc3c(cc2Cl)OC(F)(F)O3)cc1)c1ccccc1F. The molecule has 0 radical (unpaired) electrons. The predicted molar refractivity (Wildman–Crippen MR) is 97.4 cm³/mol. The number of carbonyl (C=O) groups excluding carboxylic acids is 1. The fraction of sp³-hybridized carbons (Fsp3) is 0.0500. The van der Waals surface area contributed by atoms with Gasteiger partial charge in [-0.15, -0.1) is 8.78 Å². The Balaban J connectivity index is 1.56. The van der Waals surface area contributed by atoms with E-state index in [1.165, 1.54) is 30.3 Å². The lowest BCUT2D eigenvalue weighted by atomic mass is 10.0. The number of fused-ring (bicyclic) bond motifs is 1. The van der Waals surface area contributed by atoms with E-state index in [2.05, 4.69) is 14.8 Å². The molecule has 1 aliphatic rings. The summed E-state index contributed by atoms with van der Waals surface area (Å²) in [6.07, 6.45) is -3.73. The van der Waals surface area contributed by atoms with Gasteiger partial charge in [0, 0.05) is 17.3 Å². The van der Waals surface area contributed by atoms with Crippen LogP contribution in [0.4, 0.5) is 18.9 Å². The molecule has 8 heteroatoms. The zero-order chi connectivity index (χ0) is 19.9. The van der Waals surface area contributed by atoms with Crippen molar-refractivity contribution in [1.82, 2.24) is 0 Å². The molecule has 3 aromatic rings. The third-order valence-electron chi connectivity index (χ3n) is 4.06. The minimum Gasteiger partial charge on any atom is -0.395 e. The van der Waals surface area contributed by atoms with Gasteiger partial charge in [-0.05, 0) is 35.9 Å². The highest BCUT2D eigenvalue weighted by Crippen LogP contribution is 2.46. The predicted octanol–water partition coefficient (Wildman–Crippen LogP) is 5.72. The Morgan fingerprint density at radius 3 is 2.29 bits per heavy atom. The van der Waals surface area contributed by atoms with Crippen molar-refractivity contribution in [3.05, 3.63) is 77.1 Å². The van der Waals surface area contributed by atoms with Crippen molar-refractivity contribution in [3.8, 4) is 22.6 Å². The number of nitrogens with one attached hydrogen (secondary N) is 1. The lowest BCUT2D eigenvalue weighted by Gasteiger charge is -2.09. The minimum atomic E-state index is -3.73. The van der Waals surface area contributed by atoms with E-state index in [4.69, 9.17) is 11.6 Å². The quantitative estimate of drug-likeness (QED) is 0.606. The summed E-state index contributed by atoms with van der Waals surface area (Å²) in [4.78, 5) is 12.2. The maximum atomic E-state index is 13.7. The van der Waals surface area contributed by atoms with Gasteiger partial charge in [0.2, 0.25) is 0 Å². The zero-order valence-electron chi connectivity index (χ0n) is 14.0. The van der Waals surface area contributed by atoms with E-state index >= 15 is 0 Å². The van der Waals surface area contributed by atoms with E-state index in [-0.39, 0.29) is 22.1 Å². The van der Waals surface area contributed by atoms with Crippen molar-refractivity contribution in [2.45, 2.75) is 6.29 Å². The molecule has 0 spiro atoms. The molecule has 0 unspecified atom stereocenters. The molecule has 1 aliphatic heterocycles. The highest BCUT2D eigenvalue weighted by molar-refractivity contribution is 6.33. The summed E-state index contributed by atoms with van der Waals surface area (Å²) < 4.78 is 48.9. The van der Waals surface area contributed by atoms with Crippen LogP contribution in [0.1, 0.15) is 10.4 Å². The van der Waals surface area contributed by atoms with Gasteiger partial charge in [-0.3, -0.25) is 4.79 Å². The highest BCUT2D eigenvalue weighted by Gasteiger charge is 2.43. The summed E-state index contributed by atoms with van der Waals surface area (Å²) in [6.45, 7) is 0. The maximum Gasteiger partial charge on any atom is 0.586 e. The molecule has 1 N–H and O–H groups in total. The van der Waals surface area contributed by atoms with Crippen LogP contribution >= 0.6 is 11.6 Å². The molecule has 0 fully saturated rings. The molecule has 142 valence electrons. The number of alkyl halides is 2. The second kappa shape index (κ2) is 6.76. The van der Waals surface area contributed by atoms with E-state index in [1.807, 2.05) is 0 Å². The Morgan fingerprint density at radius 1 is 0.964 bits per heavy atom. The molecular weight excluding hydrogens is 395 g/mol. The molecule has 4 rings (SSSR count). The third kappa shape index (κ3) is 3.48. The van der Waals surface area contributed by atoms with E-state index in [9.17, 15) is 18.0 Å². The molecule has 0 aliphatic carbocycles. The average Bonchev–Trinajstić information content (AvgIpc) is 2.95. The van der Waals surface area contributed by atoms with E-state index in [0.29, 0.717) is 16.8 Å². The summed E-state index contributed by atoms with van der Waals surface area (Å²) in [7, 11) is 0. The molecule has 0 aromatic heterocycles. The first kappa shape index (κ1) is 18.2. The van der Waals surface area contributed by atoms with Crippen LogP contribution in [0.2, 0.25) is 5.02 Å². The standard InChI is InChI=1S/C20H11ClF3NO3/c21-15-10-18-17(27-20(23,24)28-18)9-14(15)11-5-7-12(8-6-11)25-19(26)13-3-1-2-4-16(13)22/h1-10H,(H,25,26). The second-order valence-corrected chi connectivity index (χ2v) is 6.36. The van der Waals surface area contributed by atoms with Crippen LogP contribution in [0.3, 0.4) is 0 Å². The summed E-state index contributed by atoms with van der Waals surface area (Å²) >= 11 is 6.17. The van der Waals surface area contributed by atoms with Gasteiger partial charge in [0.05, 0.1) is 10.6 Å². The van der Waals surface area contributed by atoms with Gasteiger partial charge in [-0.1, -0.05) is 35.9 Å². The Bertz CT molecular complexity index is 1070. The van der Waals surface area contributed by atoms with Crippen molar-refractivity contribution in [2.75, 3.05) is 5.32 Å². The molecule has 0 saturated carbocycles. The fourth-order valence-corrected chi connectivity index (χ4v) is 3.03. The van der Waals surface area contributed by atoms with Crippen molar-refractivity contribution < 1.29 is 27.4 Å². The Morgan fingerprint density at radius 2 is 1.61 bits per heavy atom. The molecule has 1 heterocycles. The van der Waals surface area contributed by atoms with Crippen LogP contribution in [0, 0.1) is 5.82 Å². The number of benzene rings is 3. The van der Waals surface area contributed by atoms with Crippen LogP contribution in [-0.2, 0) is 0 Å². The third-order valence-corrected chi connectivity index (χ3v) is 4.38. The highest BCUT2D eigenvalue weighted by atomic mass is 35.5. The molecule has 28 heavy (non-hydrogen) atoms. The first-order valence-corrected chi connectivity index (χ1v) is 8.46. The smallest absolute Gasteiger partial charge is 0.395 e. The number of hydrogen-bond acceptors (Lipinski definition) is 3. The van der Waals surface area contributed by atoms with Crippen molar-refractivity contribution in [1.29, 1.82) is 0 Å². The Hall–Kier alpha value is -3.19. The monoisotopic (exact) mass is 405 g/mol. The lowest BCUT2D eigenvalue weighted by molar-refractivity contribution is -0.286. The van der Waals surface area contributed by atoms with Gasteiger partial charge in [-0.25, -0.2) is 4.39 Å². The number of anilines is 1. The Kier molecular flexibility index (Phi) is 4.39. The zero-order valence-corrected chi connectivity index (χ0v) is 14.8. The number of carbonyl (C=O) groups is 1. The number of halogens is 4. The van der Waals surface area contributed by atoms with Crippen LogP contribution in [0.15, 0.2) is 60.7 Å². The summed E-state index contributed by atoms with van der Waals surface area (Å²) in [6, 6.07) is 14.7. The van der Waals surface area contributed by atoms with Gasteiger partial charge in [0.1, 0.15) is 5.82 Å². The topological polar surface area (TPSA) is 47.6 Å². The molecule has 3 aromatic carbocycles. The van der Waals surface area contributed by atoms with Crippen LogP contribution < -0.4 is 14.8 Å². The number of rotatable bonds is 3. The van der Waals surface area contributed by atoms with E-state index in [0.717, 1.165) is 0 Å². The van der Waals surface area contributed by atoms with E-state index < -0.39 is 18.0 Å². The van der Waals surface area contributed by atoms with Crippen molar-refractivity contribution >= 4 is 23.2 Å².